The summed E-state index contributed by atoms with van der Waals surface area (Å²) < 4.78 is 27.8. The van der Waals surface area contributed by atoms with Crippen molar-refractivity contribution < 1.29 is 13.2 Å². The number of anilines is 1. The molecular formula is C20H20ClN5O3S. The van der Waals surface area contributed by atoms with Gasteiger partial charge in [0.2, 0.25) is 10.0 Å². The van der Waals surface area contributed by atoms with Crippen LogP contribution >= 0.6 is 11.6 Å². The van der Waals surface area contributed by atoms with Crippen LogP contribution in [0.2, 0.25) is 5.02 Å². The molecule has 30 heavy (non-hydrogen) atoms. The Bertz CT molecular complexity index is 1170. The number of hydrogen-bond acceptors (Lipinski definition) is 5. The van der Waals surface area contributed by atoms with Crippen molar-refractivity contribution in [2.45, 2.75) is 12.7 Å². The van der Waals surface area contributed by atoms with Crippen LogP contribution in [-0.4, -0.2) is 35.9 Å². The van der Waals surface area contributed by atoms with Crippen LogP contribution in [0.3, 0.4) is 0 Å². The first-order valence-corrected chi connectivity index (χ1v) is 11.0. The van der Waals surface area contributed by atoms with Gasteiger partial charge in [-0.05, 0) is 42.8 Å². The van der Waals surface area contributed by atoms with Gasteiger partial charge in [0.25, 0.3) is 5.91 Å². The molecule has 0 radical (unpaired) electrons. The molecule has 0 aliphatic heterocycles. The summed E-state index contributed by atoms with van der Waals surface area (Å²) in [7, 11) is -3.45. The number of amides is 1. The molecule has 1 aromatic heterocycles. The molecule has 2 aromatic carbocycles. The van der Waals surface area contributed by atoms with Crippen LogP contribution in [-0.2, 0) is 15.8 Å². The molecule has 156 valence electrons. The molecule has 0 unspecified atom stereocenters. The Hall–Kier alpha value is -3.01. The molecule has 3 aromatic rings. The summed E-state index contributed by atoms with van der Waals surface area (Å²) in [6.07, 6.45) is 1.47. The summed E-state index contributed by atoms with van der Waals surface area (Å²) in [5, 5.41) is 11.3. The van der Waals surface area contributed by atoms with Gasteiger partial charge in [-0.15, -0.1) is 11.7 Å². The van der Waals surface area contributed by atoms with Crippen molar-refractivity contribution in [2.75, 3.05) is 11.9 Å². The molecule has 0 bridgehead atoms. The van der Waals surface area contributed by atoms with Gasteiger partial charge < -0.3 is 5.32 Å². The number of nitrogens with zero attached hydrogens (tertiary/aromatic N) is 3. The normalized spacial score (nSPS) is 11.3. The topological polar surface area (TPSA) is 106 Å². The molecule has 1 amide bonds. The maximum Gasteiger partial charge on any atom is 0.278 e. The maximum atomic E-state index is 12.6. The van der Waals surface area contributed by atoms with E-state index in [1.165, 1.54) is 10.8 Å². The Morgan fingerprint density at radius 2 is 1.97 bits per heavy atom. The van der Waals surface area contributed by atoms with E-state index in [0.29, 0.717) is 27.7 Å². The molecule has 0 fully saturated rings. The minimum Gasteiger partial charge on any atom is -0.321 e. The van der Waals surface area contributed by atoms with Gasteiger partial charge in [0.1, 0.15) is 0 Å². The van der Waals surface area contributed by atoms with Crippen LogP contribution in [0.4, 0.5) is 5.69 Å². The summed E-state index contributed by atoms with van der Waals surface area (Å²) in [6.45, 7) is 5.39. The number of carbonyl (C=O) groups excluding carboxylic acids is 1. The molecule has 0 saturated carbocycles. The number of rotatable bonds is 8. The number of carbonyl (C=O) groups is 1. The fraction of sp³-hybridized carbons (Fsp3) is 0.150. The fourth-order valence-corrected chi connectivity index (χ4v) is 4.01. The molecular weight excluding hydrogens is 426 g/mol. The summed E-state index contributed by atoms with van der Waals surface area (Å²) in [6, 6.07) is 13.6. The van der Waals surface area contributed by atoms with E-state index in [4.69, 9.17) is 11.6 Å². The average Bonchev–Trinajstić information content (AvgIpc) is 3.09. The summed E-state index contributed by atoms with van der Waals surface area (Å²) in [4.78, 5) is 12.6. The SMILES string of the molecule is C=CCNS(=O)(=O)Cc1ccc(NC(=O)c2nnn(-c3cccc(Cl)c3)c2C)cc1. The minimum atomic E-state index is -3.45. The zero-order valence-corrected chi connectivity index (χ0v) is 17.7. The quantitative estimate of drug-likeness (QED) is 0.518. The molecule has 2 N–H and O–H groups in total. The van der Waals surface area contributed by atoms with E-state index in [0.717, 1.165) is 0 Å². The molecule has 0 saturated heterocycles. The number of hydrogen-bond donors (Lipinski definition) is 2. The Morgan fingerprint density at radius 3 is 2.63 bits per heavy atom. The maximum absolute atomic E-state index is 12.6. The summed E-state index contributed by atoms with van der Waals surface area (Å²) in [5.41, 5.74) is 2.53. The zero-order valence-electron chi connectivity index (χ0n) is 16.2. The van der Waals surface area contributed by atoms with E-state index < -0.39 is 15.9 Å². The first kappa shape index (κ1) is 21.7. The van der Waals surface area contributed by atoms with Gasteiger partial charge in [-0.25, -0.2) is 17.8 Å². The first-order chi connectivity index (χ1) is 14.3. The van der Waals surface area contributed by atoms with Gasteiger partial charge in [0.05, 0.1) is 17.1 Å². The van der Waals surface area contributed by atoms with Crippen LogP contribution < -0.4 is 10.0 Å². The Morgan fingerprint density at radius 1 is 1.23 bits per heavy atom. The second kappa shape index (κ2) is 9.21. The smallest absolute Gasteiger partial charge is 0.278 e. The van der Waals surface area contributed by atoms with Gasteiger partial charge >= 0.3 is 0 Å². The Balaban J connectivity index is 1.70. The van der Waals surface area contributed by atoms with Crippen molar-refractivity contribution in [3.05, 3.63) is 83.2 Å². The molecule has 0 aliphatic carbocycles. The lowest BCUT2D eigenvalue weighted by Crippen LogP contribution is -2.25. The van der Waals surface area contributed by atoms with Gasteiger partial charge in [0, 0.05) is 17.3 Å². The van der Waals surface area contributed by atoms with Crippen molar-refractivity contribution in [1.29, 1.82) is 0 Å². The van der Waals surface area contributed by atoms with Crippen molar-refractivity contribution in [3.63, 3.8) is 0 Å². The van der Waals surface area contributed by atoms with E-state index in [1.54, 1.807) is 49.4 Å². The Kier molecular flexibility index (Phi) is 6.66. The van der Waals surface area contributed by atoms with E-state index in [-0.39, 0.29) is 18.0 Å². The third-order valence-corrected chi connectivity index (χ3v) is 5.73. The van der Waals surface area contributed by atoms with Crippen molar-refractivity contribution in [2.24, 2.45) is 0 Å². The highest BCUT2D eigenvalue weighted by Gasteiger charge is 2.18. The molecule has 0 aliphatic rings. The number of nitrogens with one attached hydrogen (secondary N) is 2. The number of aromatic nitrogens is 3. The minimum absolute atomic E-state index is 0.165. The lowest BCUT2D eigenvalue weighted by atomic mass is 10.2. The Labute approximate surface area is 179 Å². The molecule has 3 rings (SSSR count). The highest BCUT2D eigenvalue weighted by atomic mass is 35.5. The van der Waals surface area contributed by atoms with Crippen LogP contribution in [0.1, 0.15) is 21.7 Å². The van der Waals surface area contributed by atoms with Crippen LogP contribution in [0.15, 0.2) is 61.2 Å². The van der Waals surface area contributed by atoms with Crippen molar-refractivity contribution in [1.82, 2.24) is 19.7 Å². The number of sulfonamides is 1. The average molecular weight is 446 g/mol. The van der Waals surface area contributed by atoms with E-state index in [2.05, 4.69) is 26.9 Å². The van der Waals surface area contributed by atoms with Gasteiger partial charge in [-0.1, -0.05) is 41.1 Å². The van der Waals surface area contributed by atoms with Crippen LogP contribution in [0, 0.1) is 6.92 Å². The molecule has 10 heteroatoms. The number of benzene rings is 2. The highest BCUT2D eigenvalue weighted by molar-refractivity contribution is 7.88. The lowest BCUT2D eigenvalue weighted by Gasteiger charge is -2.07. The summed E-state index contributed by atoms with van der Waals surface area (Å²) in [5.74, 6) is -0.587. The number of halogens is 1. The largest absolute Gasteiger partial charge is 0.321 e. The zero-order chi connectivity index (χ0) is 21.7. The predicted octanol–water partition coefficient (Wildman–Crippen LogP) is 3.09. The fourth-order valence-electron chi connectivity index (χ4n) is 2.72. The molecule has 1 heterocycles. The molecule has 0 spiro atoms. The van der Waals surface area contributed by atoms with Gasteiger partial charge in [-0.2, -0.15) is 0 Å². The monoisotopic (exact) mass is 445 g/mol. The lowest BCUT2D eigenvalue weighted by molar-refractivity contribution is 0.102. The van der Waals surface area contributed by atoms with Gasteiger partial charge in [0.15, 0.2) is 5.69 Å². The van der Waals surface area contributed by atoms with Crippen molar-refractivity contribution >= 4 is 33.2 Å². The second-order valence-corrected chi connectivity index (χ2v) is 8.71. The first-order valence-electron chi connectivity index (χ1n) is 8.96. The predicted molar refractivity (Wildman–Crippen MR) is 116 cm³/mol. The highest BCUT2D eigenvalue weighted by Crippen LogP contribution is 2.18. The van der Waals surface area contributed by atoms with E-state index in [1.807, 2.05) is 6.07 Å². The van der Waals surface area contributed by atoms with Crippen LogP contribution in [0.25, 0.3) is 5.69 Å². The summed E-state index contributed by atoms with van der Waals surface area (Å²) >= 11 is 6.01. The third-order valence-electron chi connectivity index (χ3n) is 4.18. The third kappa shape index (κ3) is 5.32. The second-order valence-electron chi connectivity index (χ2n) is 6.46. The van der Waals surface area contributed by atoms with E-state index >= 15 is 0 Å². The molecule has 8 nitrogen and oxygen atoms in total. The standard InChI is InChI=1S/C20H20ClN5O3S/c1-3-11-22-30(28,29)13-15-7-9-17(10-8-15)23-20(27)19-14(2)26(25-24-19)18-6-4-5-16(21)12-18/h3-10,12,22H,1,11,13H2,2H3,(H,23,27). The van der Waals surface area contributed by atoms with Crippen LogP contribution in [0.5, 0.6) is 0 Å². The molecule has 0 atom stereocenters. The van der Waals surface area contributed by atoms with Gasteiger partial charge in [-0.3, -0.25) is 4.79 Å². The van der Waals surface area contributed by atoms with Crippen molar-refractivity contribution in [3.8, 4) is 5.69 Å². The van der Waals surface area contributed by atoms with E-state index in [9.17, 15) is 13.2 Å².